The van der Waals surface area contributed by atoms with Crippen molar-refractivity contribution in [2.24, 2.45) is 0 Å². The minimum absolute atomic E-state index is 0.292. The highest BCUT2D eigenvalue weighted by atomic mass is 19.1. The van der Waals surface area contributed by atoms with Gasteiger partial charge in [0.25, 0.3) is 0 Å². The van der Waals surface area contributed by atoms with Crippen LogP contribution in [0, 0.1) is 5.82 Å². The summed E-state index contributed by atoms with van der Waals surface area (Å²) in [6, 6.07) is 15.4. The number of anilines is 2. The molecule has 3 N–H and O–H groups in total. The summed E-state index contributed by atoms with van der Waals surface area (Å²) < 4.78 is 14.5. The van der Waals surface area contributed by atoms with E-state index in [1.54, 1.807) is 24.5 Å². The average Bonchev–Trinajstić information content (AvgIpc) is 3.27. The van der Waals surface area contributed by atoms with Crippen molar-refractivity contribution in [3.63, 3.8) is 0 Å². The molecule has 6 nitrogen and oxygen atoms in total. The Morgan fingerprint density at radius 2 is 1.74 bits per heavy atom. The van der Waals surface area contributed by atoms with Crippen LogP contribution in [0.1, 0.15) is 25.2 Å². The van der Waals surface area contributed by atoms with Crippen molar-refractivity contribution in [2.45, 2.75) is 26.3 Å². The maximum Gasteiger partial charge on any atom is 0.131 e. The SMILES string of the molecule is CNc1ccc(-c2cncc(NC(C)C)c2)cc1Cc1nc2c(-c3ccccc3F)cncc2[nH]1. The number of aromatic amines is 1. The summed E-state index contributed by atoms with van der Waals surface area (Å²) in [4.78, 5) is 16.9. The number of nitrogens with one attached hydrogen (secondary N) is 3. The van der Waals surface area contributed by atoms with E-state index in [0.29, 0.717) is 29.1 Å². The van der Waals surface area contributed by atoms with Gasteiger partial charge < -0.3 is 15.6 Å². The predicted octanol–water partition coefficient (Wildman–Crippen LogP) is 6.28. The van der Waals surface area contributed by atoms with Gasteiger partial charge in [-0.15, -0.1) is 0 Å². The molecule has 0 spiro atoms. The number of benzene rings is 2. The van der Waals surface area contributed by atoms with Crippen molar-refractivity contribution in [3.05, 3.63) is 90.5 Å². The summed E-state index contributed by atoms with van der Waals surface area (Å²) in [7, 11) is 1.91. The zero-order chi connectivity index (χ0) is 24.4. The summed E-state index contributed by atoms with van der Waals surface area (Å²) in [6.45, 7) is 4.21. The number of halogens is 1. The number of hydrogen-bond donors (Lipinski definition) is 3. The molecule has 0 saturated carbocycles. The standard InChI is InChI=1S/C28H27FN6/c1-17(2)33-21-11-20(13-31-14-21)18-8-9-25(30-3)19(10-18)12-27-34-26-16-32-15-23(28(26)35-27)22-6-4-5-7-24(22)29/h4-11,13-17,30,33H,12H2,1-3H3,(H,34,35). The van der Waals surface area contributed by atoms with E-state index in [1.807, 2.05) is 25.5 Å². The van der Waals surface area contributed by atoms with Crippen molar-refractivity contribution < 1.29 is 4.39 Å². The first kappa shape index (κ1) is 22.5. The largest absolute Gasteiger partial charge is 0.388 e. The molecule has 3 aromatic heterocycles. The number of pyridine rings is 2. The fourth-order valence-electron chi connectivity index (χ4n) is 4.30. The van der Waals surface area contributed by atoms with Gasteiger partial charge in [0.05, 0.1) is 22.9 Å². The van der Waals surface area contributed by atoms with Crippen molar-refractivity contribution in [2.75, 3.05) is 17.7 Å². The van der Waals surface area contributed by atoms with Crippen LogP contribution in [-0.2, 0) is 6.42 Å². The molecule has 0 radical (unpaired) electrons. The van der Waals surface area contributed by atoms with Gasteiger partial charge in [-0.3, -0.25) is 9.97 Å². The number of fused-ring (bicyclic) bond motifs is 1. The molecule has 0 aliphatic rings. The first-order valence-corrected chi connectivity index (χ1v) is 11.6. The highest BCUT2D eigenvalue weighted by Gasteiger charge is 2.14. The van der Waals surface area contributed by atoms with E-state index in [9.17, 15) is 4.39 Å². The van der Waals surface area contributed by atoms with Crippen molar-refractivity contribution in [1.82, 2.24) is 19.9 Å². The Bertz CT molecular complexity index is 1490. The second kappa shape index (κ2) is 9.54. The fourth-order valence-corrected chi connectivity index (χ4v) is 4.30. The Morgan fingerprint density at radius 3 is 2.54 bits per heavy atom. The molecular formula is C28H27FN6. The summed E-state index contributed by atoms with van der Waals surface area (Å²) in [6.07, 6.45) is 7.67. The normalized spacial score (nSPS) is 11.2. The molecule has 176 valence electrons. The van der Waals surface area contributed by atoms with Crippen LogP contribution >= 0.6 is 0 Å². The molecule has 0 fully saturated rings. The monoisotopic (exact) mass is 466 g/mol. The van der Waals surface area contributed by atoms with Gasteiger partial charge >= 0.3 is 0 Å². The average molecular weight is 467 g/mol. The lowest BCUT2D eigenvalue weighted by Gasteiger charge is -2.13. The number of nitrogens with zero attached hydrogens (tertiary/aromatic N) is 3. The van der Waals surface area contributed by atoms with Gasteiger partial charge in [-0.25, -0.2) is 9.37 Å². The zero-order valence-electron chi connectivity index (χ0n) is 19.9. The Hall–Kier alpha value is -4.26. The fraction of sp³-hybridized carbons (Fsp3) is 0.179. The summed E-state index contributed by atoms with van der Waals surface area (Å²) in [5.74, 6) is 0.493. The van der Waals surface area contributed by atoms with Gasteiger partial charge in [-0.05, 0) is 49.2 Å². The lowest BCUT2D eigenvalue weighted by molar-refractivity contribution is 0.631. The molecule has 0 saturated heterocycles. The van der Waals surface area contributed by atoms with Crippen LogP contribution in [0.3, 0.4) is 0 Å². The molecule has 0 unspecified atom stereocenters. The first-order valence-electron chi connectivity index (χ1n) is 11.6. The van der Waals surface area contributed by atoms with Gasteiger partial charge in [0, 0.05) is 60.5 Å². The van der Waals surface area contributed by atoms with E-state index in [4.69, 9.17) is 4.98 Å². The van der Waals surface area contributed by atoms with Gasteiger partial charge in [0.2, 0.25) is 0 Å². The summed E-state index contributed by atoms with van der Waals surface area (Å²) >= 11 is 0. The quantitative estimate of drug-likeness (QED) is 0.263. The molecule has 0 amide bonds. The van der Waals surface area contributed by atoms with Crippen molar-refractivity contribution in [1.29, 1.82) is 0 Å². The Kier molecular flexibility index (Phi) is 6.14. The minimum Gasteiger partial charge on any atom is -0.388 e. The highest BCUT2D eigenvalue weighted by molar-refractivity contribution is 5.91. The molecule has 35 heavy (non-hydrogen) atoms. The Morgan fingerprint density at radius 1 is 0.914 bits per heavy atom. The molecule has 0 atom stereocenters. The number of H-pyrrole nitrogens is 1. The zero-order valence-corrected chi connectivity index (χ0v) is 19.9. The molecule has 3 heterocycles. The molecule has 0 bridgehead atoms. The van der Waals surface area contributed by atoms with Gasteiger partial charge in [-0.2, -0.15) is 0 Å². The van der Waals surface area contributed by atoms with Crippen molar-refractivity contribution in [3.8, 4) is 22.3 Å². The van der Waals surface area contributed by atoms with Gasteiger partial charge in [0.1, 0.15) is 11.6 Å². The lowest BCUT2D eigenvalue weighted by Crippen LogP contribution is -2.09. The smallest absolute Gasteiger partial charge is 0.131 e. The molecule has 5 rings (SSSR count). The second-order valence-corrected chi connectivity index (χ2v) is 8.81. The van der Waals surface area contributed by atoms with E-state index in [0.717, 1.165) is 39.4 Å². The third kappa shape index (κ3) is 4.71. The lowest BCUT2D eigenvalue weighted by atomic mass is 10.0. The van der Waals surface area contributed by atoms with Gasteiger partial charge in [0.15, 0.2) is 0 Å². The first-order chi connectivity index (χ1) is 17.0. The number of aromatic nitrogens is 4. The van der Waals surface area contributed by atoms with Crippen LogP contribution in [0.5, 0.6) is 0 Å². The van der Waals surface area contributed by atoms with E-state index < -0.39 is 0 Å². The topological polar surface area (TPSA) is 78.5 Å². The van der Waals surface area contributed by atoms with Crippen LogP contribution in [0.4, 0.5) is 15.8 Å². The number of hydrogen-bond acceptors (Lipinski definition) is 5. The molecule has 0 aliphatic carbocycles. The molecule has 0 aliphatic heterocycles. The Balaban J connectivity index is 1.51. The number of imidazole rings is 1. The maximum absolute atomic E-state index is 14.5. The number of rotatable bonds is 7. The molecule has 7 heteroatoms. The van der Waals surface area contributed by atoms with Crippen molar-refractivity contribution >= 4 is 22.4 Å². The van der Waals surface area contributed by atoms with E-state index >= 15 is 0 Å². The van der Waals surface area contributed by atoms with Gasteiger partial charge in [-0.1, -0.05) is 24.3 Å². The van der Waals surface area contributed by atoms with Crippen LogP contribution in [-0.4, -0.2) is 33.0 Å². The second-order valence-electron chi connectivity index (χ2n) is 8.81. The highest BCUT2D eigenvalue weighted by Crippen LogP contribution is 2.31. The molecule has 2 aromatic carbocycles. The summed E-state index contributed by atoms with van der Waals surface area (Å²) in [5.41, 5.74) is 7.85. The van der Waals surface area contributed by atoms with Crippen LogP contribution < -0.4 is 10.6 Å². The maximum atomic E-state index is 14.5. The van der Waals surface area contributed by atoms with Crippen LogP contribution in [0.25, 0.3) is 33.3 Å². The van der Waals surface area contributed by atoms with Crippen LogP contribution in [0.2, 0.25) is 0 Å². The van der Waals surface area contributed by atoms with E-state index in [-0.39, 0.29) is 5.82 Å². The Labute approximate surface area is 203 Å². The van der Waals surface area contributed by atoms with Crippen LogP contribution in [0.15, 0.2) is 73.3 Å². The minimum atomic E-state index is -0.292. The summed E-state index contributed by atoms with van der Waals surface area (Å²) in [5, 5.41) is 6.69. The van der Waals surface area contributed by atoms with E-state index in [2.05, 4.69) is 63.7 Å². The van der Waals surface area contributed by atoms with E-state index in [1.165, 1.54) is 6.07 Å². The third-order valence-electron chi connectivity index (χ3n) is 5.87. The third-order valence-corrected chi connectivity index (χ3v) is 5.87. The predicted molar refractivity (Wildman–Crippen MR) is 140 cm³/mol. The molecular weight excluding hydrogens is 439 g/mol. The molecule has 5 aromatic rings.